The Bertz CT molecular complexity index is 957. The lowest BCUT2D eigenvalue weighted by Crippen LogP contribution is -2.51. The van der Waals surface area contributed by atoms with E-state index in [1.54, 1.807) is 18.0 Å². The molecule has 180 valence electrons. The highest BCUT2D eigenvalue weighted by molar-refractivity contribution is 7.15. The summed E-state index contributed by atoms with van der Waals surface area (Å²) in [4.78, 5) is 43.3. The number of nitrogens with zero attached hydrogens (tertiary/aromatic N) is 2. The number of rotatable bonds is 4. The number of carboxylic acids is 1. The maximum Gasteiger partial charge on any atom is 0.348 e. The van der Waals surface area contributed by atoms with E-state index in [0.29, 0.717) is 29.4 Å². The van der Waals surface area contributed by atoms with Crippen LogP contribution in [0.2, 0.25) is 0 Å². The van der Waals surface area contributed by atoms with Gasteiger partial charge in [-0.25, -0.2) is 4.79 Å². The van der Waals surface area contributed by atoms with Crippen molar-refractivity contribution in [3.8, 4) is 11.8 Å². The summed E-state index contributed by atoms with van der Waals surface area (Å²) >= 11 is 1.08. The predicted molar refractivity (Wildman–Crippen MR) is 131 cm³/mol. The molecule has 1 aliphatic carbocycles. The van der Waals surface area contributed by atoms with E-state index in [1.807, 2.05) is 20.8 Å². The lowest BCUT2D eigenvalue weighted by atomic mass is 9.82. The second kappa shape index (κ2) is 10.3. The molecule has 2 aliphatic rings. The molecule has 2 fully saturated rings. The fraction of sp³-hybridized carbons (Fsp3) is 0.654. The van der Waals surface area contributed by atoms with Crippen molar-refractivity contribution in [1.82, 2.24) is 4.90 Å². The normalized spacial score (nSPS) is 24.0. The number of anilines is 1. The molecule has 1 aromatic heterocycles. The Kier molecular flexibility index (Phi) is 7.89. The zero-order valence-corrected chi connectivity index (χ0v) is 21.3. The molecule has 0 spiro atoms. The molecule has 1 saturated carbocycles. The Hall–Kier alpha value is -2.33. The fourth-order valence-corrected chi connectivity index (χ4v) is 5.42. The molecule has 6 nitrogen and oxygen atoms in total. The second-order valence-corrected chi connectivity index (χ2v) is 11.6. The number of hydrogen-bond donors (Lipinski definition) is 1. The molecule has 1 atom stereocenters. The SMILES string of the molecule is CC1CCC(C(=O)N(c2cc(C#CC(C)(C)C)sc2C(=O)O)[C@@H]2CCCCN(C)C2=O)CC1. The number of aromatic carboxylic acids is 1. The van der Waals surface area contributed by atoms with E-state index < -0.39 is 12.0 Å². The molecule has 0 aromatic carbocycles. The minimum Gasteiger partial charge on any atom is -0.477 e. The van der Waals surface area contributed by atoms with Crippen LogP contribution in [0.4, 0.5) is 5.69 Å². The molecule has 1 aromatic rings. The molecule has 1 N–H and O–H groups in total. The third kappa shape index (κ3) is 6.17. The molecule has 3 rings (SSSR count). The van der Waals surface area contributed by atoms with Crippen LogP contribution in [0.25, 0.3) is 0 Å². The van der Waals surface area contributed by atoms with Gasteiger partial charge < -0.3 is 10.0 Å². The summed E-state index contributed by atoms with van der Waals surface area (Å²) in [6.07, 6.45) is 5.72. The van der Waals surface area contributed by atoms with Gasteiger partial charge in [0.1, 0.15) is 10.9 Å². The lowest BCUT2D eigenvalue weighted by molar-refractivity contribution is -0.134. The van der Waals surface area contributed by atoms with Gasteiger partial charge in [-0.3, -0.25) is 14.5 Å². The first-order valence-electron chi connectivity index (χ1n) is 12.0. The van der Waals surface area contributed by atoms with Crippen LogP contribution in [-0.4, -0.2) is 47.4 Å². The van der Waals surface area contributed by atoms with Crippen LogP contribution in [-0.2, 0) is 9.59 Å². The van der Waals surface area contributed by atoms with Crippen LogP contribution in [0.1, 0.15) is 87.2 Å². The molecule has 1 saturated heterocycles. The average molecular weight is 473 g/mol. The van der Waals surface area contributed by atoms with E-state index in [1.165, 1.54) is 4.90 Å². The van der Waals surface area contributed by atoms with Crippen molar-refractivity contribution in [2.45, 2.75) is 78.7 Å². The number of hydrogen-bond acceptors (Lipinski definition) is 4. The first-order chi connectivity index (χ1) is 15.5. The molecule has 2 amide bonds. The van der Waals surface area contributed by atoms with Crippen LogP contribution in [0.15, 0.2) is 6.07 Å². The Morgan fingerprint density at radius 3 is 2.42 bits per heavy atom. The van der Waals surface area contributed by atoms with Crippen LogP contribution >= 0.6 is 11.3 Å². The zero-order chi connectivity index (χ0) is 24.3. The molecule has 33 heavy (non-hydrogen) atoms. The van der Waals surface area contributed by atoms with Gasteiger partial charge in [-0.2, -0.15) is 0 Å². The van der Waals surface area contributed by atoms with E-state index in [2.05, 4.69) is 18.8 Å². The molecule has 1 aliphatic heterocycles. The van der Waals surface area contributed by atoms with Crippen molar-refractivity contribution in [3.05, 3.63) is 15.8 Å². The summed E-state index contributed by atoms with van der Waals surface area (Å²) in [5, 5.41) is 9.98. The van der Waals surface area contributed by atoms with Gasteiger partial charge in [0.15, 0.2) is 0 Å². The van der Waals surface area contributed by atoms with Gasteiger partial charge in [0.25, 0.3) is 0 Å². The number of carboxylic acid groups (broad SMARTS) is 1. The Morgan fingerprint density at radius 1 is 1.15 bits per heavy atom. The molecule has 0 radical (unpaired) electrons. The summed E-state index contributed by atoms with van der Waals surface area (Å²) in [5.41, 5.74) is 0.0879. The Balaban J connectivity index is 2.09. The van der Waals surface area contributed by atoms with Crippen molar-refractivity contribution in [2.75, 3.05) is 18.5 Å². The Labute approximate surface area is 201 Å². The standard InChI is InChI=1S/C26H36N2O4S/c1-17-9-11-18(12-10-17)23(29)28(20-8-6-7-15-27(5)24(20)30)21-16-19(13-14-26(2,3)4)33-22(21)25(31)32/h16-18,20H,6-12,15H2,1-5H3,(H,31,32)/t17?,18?,20-/m1/s1. The number of thiophene rings is 1. The molecule has 7 heteroatoms. The van der Waals surface area contributed by atoms with Crippen LogP contribution in [0.3, 0.4) is 0 Å². The maximum absolute atomic E-state index is 13.9. The monoisotopic (exact) mass is 472 g/mol. The van der Waals surface area contributed by atoms with Gasteiger partial charge in [-0.05, 0) is 77.7 Å². The topological polar surface area (TPSA) is 77.9 Å². The highest BCUT2D eigenvalue weighted by Gasteiger charge is 2.40. The van der Waals surface area contributed by atoms with Gasteiger partial charge in [0, 0.05) is 24.9 Å². The van der Waals surface area contributed by atoms with Crippen molar-refractivity contribution >= 4 is 34.8 Å². The van der Waals surface area contributed by atoms with E-state index in [4.69, 9.17) is 0 Å². The highest BCUT2D eigenvalue weighted by Crippen LogP contribution is 2.37. The fourth-order valence-electron chi connectivity index (χ4n) is 4.58. The van der Waals surface area contributed by atoms with Crippen molar-refractivity contribution in [1.29, 1.82) is 0 Å². The van der Waals surface area contributed by atoms with Crippen molar-refractivity contribution in [2.24, 2.45) is 17.3 Å². The average Bonchev–Trinajstić information content (AvgIpc) is 3.10. The number of likely N-dealkylation sites (N-methyl/N-ethyl adjacent to an activating group) is 1. The van der Waals surface area contributed by atoms with Gasteiger partial charge in [0.05, 0.1) is 10.6 Å². The van der Waals surface area contributed by atoms with Crippen molar-refractivity contribution < 1.29 is 19.5 Å². The minimum absolute atomic E-state index is 0.0745. The minimum atomic E-state index is -1.09. The van der Waals surface area contributed by atoms with Crippen LogP contribution in [0, 0.1) is 29.1 Å². The largest absolute Gasteiger partial charge is 0.477 e. The van der Waals surface area contributed by atoms with Gasteiger partial charge in [0.2, 0.25) is 11.8 Å². The van der Waals surface area contributed by atoms with E-state index in [-0.39, 0.29) is 28.0 Å². The second-order valence-electron chi connectivity index (χ2n) is 10.6. The smallest absolute Gasteiger partial charge is 0.348 e. The van der Waals surface area contributed by atoms with Gasteiger partial charge >= 0.3 is 5.97 Å². The quantitative estimate of drug-likeness (QED) is 0.625. The number of carbonyl (C=O) groups excluding carboxylic acids is 2. The molecule has 0 unspecified atom stereocenters. The molecular weight excluding hydrogens is 436 g/mol. The maximum atomic E-state index is 13.9. The Morgan fingerprint density at radius 2 is 1.82 bits per heavy atom. The molecular formula is C26H36N2O4S. The zero-order valence-electron chi connectivity index (χ0n) is 20.4. The molecule has 2 heterocycles. The van der Waals surface area contributed by atoms with E-state index >= 15 is 0 Å². The first kappa shape index (κ1) is 25.3. The van der Waals surface area contributed by atoms with Crippen LogP contribution in [0.5, 0.6) is 0 Å². The van der Waals surface area contributed by atoms with E-state index in [9.17, 15) is 19.5 Å². The molecule has 0 bridgehead atoms. The third-order valence-electron chi connectivity index (χ3n) is 6.52. The highest BCUT2D eigenvalue weighted by atomic mass is 32.1. The summed E-state index contributed by atoms with van der Waals surface area (Å²) in [5.74, 6) is 5.30. The van der Waals surface area contributed by atoms with Crippen LogP contribution < -0.4 is 4.90 Å². The summed E-state index contributed by atoms with van der Waals surface area (Å²) in [7, 11) is 1.76. The number of likely N-dealkylation sites (tertiary alicyclic amines) is 1. The van der Waals surface area contributed by atoms with E-state index in [0.717, 1.165) is 49.9 Å². The van der Waals surface area contributed by atoms with Gasteiger partial charge in [-0.15, -0.1) is 11.3 Å². The third-order valence-corrected chi connectivity index (χ3v) is 7.55. The predicted octanol–water partition coefficient (Wildman–Crippen LogP) is 5.01. The van der Waals surface area contributed by atoms with Crippen molar-refractivity contribution in [3.63, 3.8) is 0 Å². The van der Waals surface area contributed by atoms with Gasteiger partial charge in [-0.1, -0.05) is 18.8 Å². The first-order valence-corrected chi connectivity index (χ1v) is 12.8. The summed E-state index contributed by atoms with van der Waals surface area (Å²) in [6.45, 7) is 8.82. The lowest BCUT2D eigenvalue weighted by Gasteiger charge is -2.36. The number of amides is 2. The summed E-state index contributed by atoms with van der Waals surface area (Å²) in [6, 6.07) is 1.02. The number of carbonyl (C=O) groups is 3. The summed E-state index contributed by atoms with van der Waals surface area (Å²) < 4.78 is 0.